The van der Waals surface area contributed by atoms with Gasteiger partial charge in [0.2, 0.25) is 15.9 Å². The molecule has 32 heavy (non-hydrogen) atoms. The van der Waals surface area contributed by atoms with E-state index < -0.39 is 10.0 Å². The minimum absolute atomic E-state index is 0.0122. The van der Waals surface area contributed by atoms with Crippen molar-refractivity contribution in [3.05, 3.63) is 42.5 Å². The van der Waals surface area contributed by atoms with Crippen LogP contribution >= 0.6 is 11.8 Å². The van der Waals surface area contributed by atoms with Gasteiger partial charge in [0.15, 0.2) is 0 Å². The summed E-state index contributed by atoms with van der Waals surface area (Å²) < 4.78 is 43.4. The van der Waals surface area contributed by atoms with E-state index in [2.05, 4.69) is 0 Å². The molecule has 0 aliphatic carbocycles. The van der Waals surface area contributed by atoms with Gasteiger partial charge >= 0.3 is 0 Å². The number of ether oxygens (including phenoxy) is 3. The lowest BCUT2D eigenvalue weighted by atomic mass is 10.3. The molecule has 10 heteroatoms. The van der Waals surface area contributed by atoms with E-state index in [1.54, 1.807) is 24.1 Å². The van der Waals surface area contributed by atoms with Gasteiger partial charge in [-0.1, -0.05) is 0 Å². The van der Waals surface area contributed by atoms with Crippen LogP contribution in [0.4, 0.5) is 0 Å². The zero-order valence-electron chi connectivity index (χ0n) is 18.6. The molecule has 2 aromatic rings. The Morgan fingerprint density at radius 3 is 2.06 bits per heavy atom. The van der Waals surface area contributed by atoms with Crippen LogP contribution in [0, 0.1) is 0 Å². The molecule has 0 bridgehead atoms. The van der Waals surface area contributed by atoms with Crippen LogP contribution in [0.15, 0.2) is 52.3 Å². The van der Waals surface area contributed by atoms with E-state index in [0.717, 1.165) is 10.6 Å². The third kappa shape index (κ3) is 5.31. The molecule has 0 spiro atoms. The second-order valence-corrected chi connectivity index (χ2v) is 10.5. The molecular formula is C22H28N2O6S2. The zero-order chi connectivity index (χ0) is 23.3. The first-order chi connectivity index (χ1) is 15.3. The van der Waals surface area contributed by atoms with Crippen molar-refractivity contribution in [2.45, 2.75) is 22.0 Å². The Kier molecular flexibility index (Phi) is 7.91. The lowest BCUT2D eigenvalue weighted by Crippen LogP contribution is -2.52. The summed E-state index contributed by atoms with van der Waals surface area (Å²) in [6.45, 7) is 2.96. The SMILES string of the molecule is COc1ccc(SC(C)C(=O)N2CCN(S(=O)(=O)c3cc(OC)ccc3OC)CC2)cc1. The number of hydrogen-bond donors (Lipinski definition) is 0. The van der Waals surface area contributed by atoms with Gasteiger partial charge in [0, 0.05) is 37.1 Å². The first kappa shape index (κ1) is 24.2. The van der Waals surface area contributed by atoms with E-state index in [4.69, 9.17) is 14.2 Å². The fourth-order valence-electron chi connectivity index (χ4n) is 3.44. The van der Waals surface area contributed by atoms with Gasteiger partial charge in [-0.25, -0.2) is 8.42 Å². The quantitative estimate of drug-likeness (QED) is 0.537. The summed E-state index contributed by atoms with van der Waals surface area (Å²) in [5.74, 6) is 1.44. The summed E-state index contributed by atoms with van der Waals surface area (Å²) in [5.41, 5.74) is 0. The Balaban J connectivity index is 1.64. The number of nitrogens with zero attached hydrogens (tertiary/aromatic N) is 2. The summed E-state index contributed by atoms with van der Waals surface area (Å²) >= 11 is 1.47. The molecule has 0 saturated carbocycles. The molecule has 1 aliphatic heterocycles. The topological polar surface area (TPSA) is 85.4 Å². The lowest BCUT2D eigenvalue weighted by Gasteiger charge is -2.35. The number of carbonyl (C=O) groups is 1. The van der Waals surface area contributed by atoms with Crippen LogP contribution in [0.25, 0.3) is 0 Å². The lowest BCUT2D eigenvalue weighted by molar-refractivity contribution is -0.131. The highest BCUT2D eigenvalue weighted by Gasteiger charge is 2.33. The van der Waals surface area contributed by atoms with E-state index in [1.807, 2.05) is 31.2 Å². The molecule has 0 radical (unpaired) electrons. The van der Waals surface area contributed by atoms with E-state index in [0.29, 0.717) is 18.8 Å². The van der Waals surface area contributed by atoms with Gasteiger partial charge in [-0.3, -0.25) is 4.79 Å². The normalized spacial score (nSPS) is 15.8. The molecule has 1 aliphatic rings. The van der Waals surface area contributed by atoms with Gasteiger partial charge < -0.3 is 19.1 Å². The number of sulfonamides is 1. The Morgan fingerprint density at radius 2 is 1.50 bits per heavy atom. The number of thioether (sulfide) groups is 1. The molecule has 3 rings (SSSR count). The predicted octanol–water partition coefficient (Wildman–Crippen LogP) is 2.73. The van der Waals surface area contributed by atoms with Crippen LogP contribution in [-0.2, 0) is 14.8 Å². The van der Waals surface area contributed by atoms with Crippen molar-refractivity contribution in [3.8, 4) is 17.2 Å². The average molecular weight is 481 g/mol. The Morgan fingerprint density at radius 1 is 0.906 bits per heavy atom. The summed E-state index contributed by atoms with van der Waals surface area (Å²) in [6.07, 6.45) is 0. The summed E-state index contributed by atoms with van der Waals surface area (Å²) in [7, 11) is 0.731. The van der Waals surface area contributed by atoms with Crippen LogP contribution in [0.2, 0.25) is 0 Å². The Bertz CT molecular complexity index is 1030. The molecule has 174 valence electrons. The van der Waals surface area contributed by atoms with Gasteiger partial charge in [0.25, 0.3) is 0 Å². The zero-order valence-corrected chi connectivity index (χ0v) is 20.2. The second kappa shape index (κ2) is 10.5. The minimum Gasteiger partial charge on any atom is -0.497 e. The smallest absolute Gasteiger partial charge is 0.247 e. The summed E-state index contributed by atoms with van der Waals surface area (Å²) in [6, 6.07) is 12.2. The van der Waals surface area contributed by atoms with Crippen LogP contribution in [0.3, 0.4) is 0 Å². The highest BCUT2D eigenvalue weighted by Crippen LogP contribution is 2.31. The van der Waals surface area contributed by atoms with Crippen molar-refractivity contribution < 1.29 is 27.4 Å². The van der Waals surface area contributed by atoms with Gasteiger partial charge in [-0.05, 0) is 43.3 Å². The van der Waals surface area contributed by atoms with Crippen LogP contribution in [0.1, 0.15) is 6.92 Å². The molecule has 0 aromatic heterocycles. The van der Waals surface area contributed by atoms with Gasteiger partial charge in [-0.15, -0.1) is 11.8 Å². The molecule has 8 nitrogen and oxygen atoms in total. The maximum absolute atomic E-state index is 13.2. The number of carbonyl (C=O) groups excluding carboxylic acids is 1. The number of hydrogen-bond acceptors (Lipinski definition) is 7. The van der Waals surface area contributed by atoms with Crippen molar-refractivity contribution in [2.24, 2.45) is 0 Å². The highest BCUT2D eigenvalue weighted by molar-refractivity contribution is 8.00. The maximum atomic E-state index is 13.2. The second-order valence-electron chi connectivity index (χ2n) is 7.18. The van der Waals surface area contributed by atoms with Crippen molar-refractivity contribution in [3.63, 3.8) is 0 Å². The van der Waals surface area contributed by atoms with E-state index >= 15 is 0 Å². The molecular weight excluding hydrogens is 452 g/mol. The molecule has 1 atom stereocenters. The first-order valence-electron chi connectivity index (χ1n) is 10.1. The van der Waals surface area contributed by atoms with Gasteiger partial charge in [0.1, 0.15) is 22.1 Å². The number of amides is 1. The standard InChI is InChI=1S/C22H28N2O6S2/c1-16(31-19-8-5-17(28-2)6-9-19)22(25)23-11-13-24(14-12-23)32(26,27)21-15-18(29-3)7-10-20(21)30-4/h5-10,15-16H,11-14H2,1-4H3. The summed E-state index contributed by atoms with van der Waals surface area (Å²) in [4.78, 5) is 15.7. The van der Waals surface area contributed by atoms with Crippen LogP contribution < -0.4 is 14.2 Å². The van der Waals surface area contributed by atoms with Crippen LogP contribution in [0.5, 0.6) is 17.2 Å². The molecule has 1 unspecified atom stereocenters. The number of benzene rings is 2. The van der Waals surface area contributed by atoms with E-state index in [-0.39, 0.29) is 34.9 Å². The van der Waals surface area contributed by atoms with Crippen molar-refractivity contribution >= 4 is 27.7 Å². The molecule has 2 aromatic carbocycles. The Labute approximate surface area is 193 Å². The largest absolute Gasteiger partial charge is 0.497 e. The van der Waals surface area contributed by atoms with Crippen molar-refractivity contribution in [1.82, 2.24) is 9.21 Å². The van der Waals surface area contributed by atoms with E-state index in [9.17, 15) is 13.2 Å². The molecule has 1 saturated heterocycles. The first-order valence-corrected chi connectivity index (χ1v) is 12.4. The van der Waals surface area contributed by atoms with Crippen molar-refractivity contribution in [1.29, 1.82) is 0 Å². The third-order valence-corrected chi connectivity index (χ3v) is 8.28. The third-order valence-electron chi connectivity index (χ3n) is 5.26. The van der Waals surface area contributed by atoms with E-state index in [1.165, 1.54) is 36.4 Å². The predicted molar refractivity (Wildman–Crippen MR) is 123 cm³/mol. The fourth-order valence-corrected chi connectivity index (χ4v) is 5.98. The maximum Gasteiger partial charge on any atom is 0.247 e. The number of methoxy groups -OCH3 is 3. The minimum atomic E-state index is -3.79. The molecule has 0 N–H and O–H groups in total. The molecule has 1 heterocycles. The van der Waals surface area contributed by atoms with Crippen molar-refractivity contribution in [2.75, 3.05) is 47.5 Å². The summed E-state index contributed by atoms with van der Waals surface area (Å²) in [5, 5.41) is -0.287. The monoisotopic (exact) mass is 480 g/mol. The average Bonchev–Trinajstić information content (AvgIpc) is 2.83. The molecule has 1 amide bonds. The van der Waals surface area contributed by atoms with Crippen LogP contribution in [-0.4, -0.2) is 76.3 Å². The highest BCUT2D eigenvalue weighted by atomic mass is 32.2. The van der Waals surface area contributed by atoms with Gasteiger partial charge in [0.05, 0.1) is 26.6 Å². The van der Waals surface area contributed by atoms with Gasteiger partial charge in [-0.2, -0.15) is 4.31 Å². The Hall–Kier alpha value is -2.43. The fraction of sp³-hybridized carbons (Fsp3) is 0.409. The number of rotatable bonds is 8. The number of piperazine rings is 1. The molecule has 1 fully saturated rings.